The first-order valence-electron chi connectivity index (χ1n) is 8.20. The third-order valence-corrected chi connectivity index (χ3v) is 3.97. The lowest BCUT2D eigenvalue weighted by Crippen LogP contribution is -2.58. The van der Waals surface area contributed by atoms with Crippen molar-refractivity contribution < 1.29 is 14.6 Å². The molecule has 0 aromatic heterocycles. The van der Waals surface area contributed by atoms with Gasteiger partial charge in [0.05, 0.1) is 12.1 Å². The van der Waals surface area contributed by atoms with Crippen LogP contribution in [0.15, 0.2) is 30.3 Å². The first-order valence-corrected chi connectivity index (χ1v) is 8.20. The number of piperazine rings is 1. The van der Waals surface area contributed by atoms with Crippen LogP contribution in [-0.4, -0.2) is 58.4 Å². The molecule has 1 saturated heterocycles. The van der Waals surface area contributed by atoms with Gasteiger partial charge in [0.2, 0.25) is 0 Å². The highest BCUT2D eigenvalue weighted by Crippen LogP contribution is 2.19. The van der Waals surface area contributed by atoms with Crippen LogP contribution in [0.4, 0.5) is 4.79 Å². The topological polar surface area (TPSA) is 53.0 Å². The van der Waals surface area contributed by atoms with Crippen LogP contribution in [0.2, 0.25) is 0 Å². The molecule has 1 fully saturated rings. The second kappa shape index (κ2) is 7.32. The average Bonchev–Trinajstić information content (AvgIpc) is 2.46. The van der Waals surface area contributed by atoms with E-state index in [0.717, 1.165) is 13.1 Å². The van der Waals surface area contributed by atoms with E-state index in [1.54, 1.807) is 11.8 Å². The maximum Gasteiger partial charge on any atom is 0.410 e. The Bertz CT molecular complexity index is 511. The Morgan fingerprint density at radius 2 is 1.96 bits per heavy atom. The van der Waals surface area contributed by atoms with Crippen molar-refractivity contribution in [1.29, 1.82) is 0 Å². The Labute approximate surface area is 138 Å². The summed E-state index contributed by atoms with van der Waals surface area (Å²) in [6, 6.07) is 10.1. The predicted molar refractivity (Wildman–Crippen MR) is 90.1 cm³/mol. The van der Waals surface area contributed by atoms with Crippen molar-refractivity contribution in [1.82, 2.24) is 9.80 Å². The summed E-state index contributed by atoms with van der Waals surface area (Å²) in [6.07, 6.45) is -0.813. The van der Waals surface area contributed by atoms with E-state index in [4.69, 9.17) is 4.74 Å². The second-order valence-electron chi connectivity index (χ2n) is 7.19. The van der Waals surface area contributed by atoms with Gasteiger partial charge in [-0.3, -0.25) is 4.90 Å². The highest BCUT2D eigenvalue weighted by atomic mass is 16.6. The van der Waals surface area contributed by atoms with Gasteiger partial charge in [-0.05, 0) is 33.3 Å². The third kappa shape index (κ3) is 5.22. The highest BCUT2D eigenvalue weighted by Gasteiger charge is 2.34. The molecular formula is C18H28N2O3. The van der Waals surface area contributed by atoms with E-state index in [0.29, 0.717) is 13.1 Å². The molecular weight excluding hydrogens is 292 g/mol. The number of amides is 1. The number of ether oxygens (including phenoxy) is 1. The van der Waals surface area contributed by atoms with Gasteiger partial charge in [-0.15, -0.1) is 0 Å². The molecule has 0 radical (unpaired) electrons. The summed E-state index contributed by atoms with van der Waals surface area (Å²) in [4.78, 5) is 16.2. The minimum Gasteiger partial charge on any atom is -0.444 e. The number of carbonyl (C=O) groups excluding carboxylic acids is 1. The number of carbonyl (C=O) groups is 1. The van der Waals surface area contributed by atoms with E-state index in [-0.39, 0.29) is 12.1 Å². The van der Waals surface area contributed by atoms with Gasteiger partial charge in [0.15, 0.2) is 0 Å². The number of hydrogen-bond donors (Lipinski definition) is 1. The molecule has 1 aromatic rings. The Morgan fingerprint density at radius 3 is 2.52 bits per heavy atom. The fourth-order valence-electron chi connectivity index (χ4n) is 2.81. The van der Waals surface area contributed by atoms with Crippen LogP contribution in [0.1, 0.15) is 33.3 Å². The molecule has 0 aliphatic carbocycles. The molecule has 1 aromatic carbocycles. The molecule has 1 N–H and O–H groups in total. The SMILES string of the molecule is C[C@H](O)[C@@H]1CN(C(=O)OC(C)(C)C)CCN1Cc1ccccc1. The van der Waals surface area contributed by atoms with Crippen molar-refractivity contribution in [3.63, 3.8) is 0 Å². The number of benzene rings is 1. The van der Waals surface area contributed by atoms with Crippen molar-refractivity contribution in [2.45, 2.75) is 52.0 Å². The van der Waals surface area contributed by atoms with Crippen molar-refractivity contribution in [2.75, 3.05) is 19.6 Å². The number of rotatable bonds is 3. The van der Waals surface area contributed by atoms with E-state index in [1.165, 1.54) is 5.56 Å². The number of nitrogens with zero attached hydrogens (tertiary/aromatic N) is 2. The van der Waals surface area contributed by atoms with Gasteiger partial charge < -0.3 is 14.7 Å². The Hall–Kier alpha value is -1.59. The Morgan fingerprint density at radius 1 is 1.30 bits per heavy atom. The Balaban J connectivity index is 2.02. The lowest BCUT2D eigenvalue weighted by atomic mass is 10.1. The lowest BCUT2D eigenvalue weighted by molar-refractivity contribution is -0.0226. The van der Waals surface area contributed by atoms with Crippen molar-refractivity contribution >= 4 is 6.09 Å². The standard InChI is InChI=1S/C18H28N2O3/c1-14(21)16-13-20(17(22)23-18(2,3)4)11-10-19(16)12-15-8-6-5-7-9-15/h5-9,14,16,21H,10-13H2,1-4H3/t14-,16-/m0/s1. The van der Waals surface area contributed by atoms with Gasteiger partial charge in [0.1, 0.15) is 5.60 Å². The van der Waals surface area contributed by atoms with Crippen LogP contribution < -0.4 is 0 Å². The molecule has 2 atom stereocenters. The smallest absolute Gasteiger partial charge is 0.410 e. The van der Waals surface area contributed by atoms with Crippen molar-refractivity contribution in [2.24, 2.45) is 0 Å². The monoisotopic (exact) mass is 320 g/mol. The molecule has 1 amide bonds. The van der Waals surface area contributed by atoms with Gasteiger partial charge in [-0.1, -0.05) is 30.3 Å². The second-order valence-corrected chi connectivity index (χ2v) is 7.19. The van der Waals surface area contributed by atoms with Crippen LogP contribution >= 0.6 is 0 Å². The fourth-order valence-corrected chi connectivity index (χ4v) is 2.81. The number of hydrogen-bond acceptors (Lipinski definition) is 4. The minimum absolute atomic E-state index is 0.0866. The van der Waals surface area contributed by atoms with E-state index in [1.807, 2.05) is 39.0 Å². The normalized spacial score (nSPS) is 21.1. The van der Waals surface area contributed by atoms with Gasteiger partial charge >= 0.3 is 6.09 Å². The molecule has 2 rings (SSSR count). The lowest BCUT2D eigenvalue weighted by Gasteiger charge is -2.42. The largest absolute Gasteiger partial charge is 0.444 e. The van der Waals surface area contributed by atoms with Gasteiger partial charge in [-0.25, -0.2) is 4.79 Å². The van der Waals surface area contributed by atoms with Crippen LogP contribution in [0.3, 0.4) is 0 Å². The van der Waals surface area contributed by atoms with E-state index < -0.39 is 11.7 Å². The van der Waals surface area contributed by atoms with Gasteiger partial charge in [-0.2, -0.15) is 0 Å². The molecule has 1 aliphatic rings. The van der Waals surface area contributed by atoms with Gasteiger partial charge in [0.25, 0.3) is 0 Å². The van der Waals surface area contributed by atoms with E-state index in [9.17, 15) is 9.90 Å². The first kappa shape index (κ1) is 17.8. The molecule has 0 bridgehead atoms. The van der Waals surface area contributed by atoms with Crippen LogP contribution in [0.25, 0.3) is 0 Å². The van der Waals surface area contributed by atoms with Crippen molar-refractivity contribution in [3.05, 3.63) is 35.9 Å². The highest BCUT2D eigenvalue weighted by molar-refractivity contribution is 5.68. The maximum absolute atomic E-state index is 12.3. The van der Waals surface area contributed by atoms with Crippen LogP contribution in [-0.2, 0) is 11.3 Å². The zero-order chi connectivity index (χ0) is 17.0. The first-order chi connectivity index (χ1) is 10.8. The molecule has 1 aliphatic heterocycles. The molecule has 1 heterocycles. The summed E-state index contributed by atoms with van der Waals surface area (Å²) in [5, 5.41) is 10.1. The molecule has 5 nitrogen and oxygen atoms in total. The third-order valence-electron chi connectivity index (χ3n) is 3.97. The number of aliphatic hydroxyl groups excluding tert-OH is 1. The van der Waals surface area contributed by atoms with Crippen molar-refractivity contribution in [3.8, 4) is 0 Å². The predicted octanol–water partition coefficient (Wildman–Crippen LogP) is 2.49. The minimum atomic E-state index is -0.510. The van der Waals surface area contributed by atoms with E-state index >= 15 is 0 Å². The molecule has 23 heavy (non-hydrogen) atoms. The maximum atomic E-state index is 12.3. The molecule has 0 saturated carbocycles. The molecule has 5 heteroatoms. The van der Waals surface area contributed by atoms with Crippen LogP contribution in [0.5, 0.6) is 0 Å². The quantitative estimate of drug-likeness (QED) is 0.930. The van der Waals surface area contributed by atoms with Crippen LogP contribution in [0, 0.1) is 0 Å². The molecule has 0 unspecified atom stereocenters. The zero-order valence-electron chi connectivity index (χ0n) is 14.5. The number of aliphatic hydroxyl groups is 1. The fraction of sp³-hybridized carbons (Fsp3) is 0.611. The van der Waals surface area contributed by atoms with Gasteiger partial charge in [0, 0.05) is 26.2 Å². The van der Waals surface area contributed by atoms with E-state index in [2.05, 4.69) is 17.0 Å². The summed E-state index contributed by atoms with van der Waals surface area (Å²) in [5.74, 6) is 0. The summed E-state index contributed by atoms with van der Waals surface area (Å²) in [7, 11) is 0. The Kier molecular flexibility index (Phi) is 5.65. The molecule has 128 valence electrons. The summed E-state index contributed by atoms with van der Waals surface area (Å²) in [5.41, 5.74) is 0.711. The average molecular weight is 320 g/mol. The summed E-state index contributed by atoms with van der Waals surface area (Å²) in [6.45, 7) is 9.97. The summed E-state index contributed by atoms with van der Waals surface area (Å²) < 4.78 is 5.45. The molecule has 0 spiro atoms. The summed E-state index contributed by atoms with van der Waals surface area (Å²) >= 11 is 0. The zero-order valence-corrected chi connectivity index (χ0v) is 14.5.